The van der Waals surface area contributed by atoms with Gasteiger partial charge in [0.1, 0.15) is 0 Å². The van der Waals surface area contributed by atoms with Crippen molar-refractivity contribution in [2.75, 3.05) is 18.4 Å². The lowest BCUT2D eigenvalue weighted by Crippen LogP contribution is -2.22. The van der Waals surface area contributed by atoms with Crippen molar-refractivity contribution in [2.24, 2.45) is 5.41 Å². The Bertz CT molecular complexity index is 982. The summed E-state index contributed by atoms with van der Waals surface area (Å²) in [6.45, 7) is 8.30. The van der Waals surface area contributed by atoms with Crippen LogP contribution in [-0.4, -0.2) is 26.4 Å². The molecule has 1 aliphatic rings. The number of rotatable bonds is 4. The van der Waals surface area contributed by atoms with E-state index in [1.165, 1.54) is 11.1 Å². The van der Waals surface area contributed by atoms with E-state index in [-0.39, 0.29) is 0 Å². The van der Waals surface area contributed by atoms with E-state index in [2.05, 4.69) is 16.7 Å². The highest BCUT2D eigenvalue weighted by molar-refractivity contribution is 7.73. The van der Waals surface area contributed by atoms with Crippen LogP contribution in [0.2, 0.25) is 5.02 Å². The molecule has 150 valence electrons. The van der Waals surface area contributed by atoms with Crippen LogP contribution in [0.3, 0.4) is 0 Å². The minimum absolute atomic E-state index is 0.427. The van der Waals surface area contributed by atoms with Gasteiger partial charge in [0.05, 0.1) is 15.6 Å². The van der Waals surface area contributed by atoms with E-state index in [1.807, 2.05) is 51.1 Å². The number of nitrogens with one attached hydrogen (secondary N) is 2. The van der Waals surface area contributed by atoms with E-state index in [9.17, 15) is 8.42 Å². The van der Waals surface area contributed by atoms with Gasteiger partial charge in [-0.05, 0) is 54.3 Å². The minimum atomic E-state index is -2.24. The molecule has 0 radical (unpaired) electrons. The highest BCUT2D eigenvalue weighted by atomic mass is 35.5. The van der Waals surface area contributed by atoms with Crippen molar-refractivity contribution in [1.82, 2.24) is 5.32 Å². The van der Waals surface area contributed by atoms with Crippen LogP contribution in [0.15, 0.2) is 36.4 Å². The highest BCUT2D eigenvalue weighted by Gasteiger charge is 2.22. The van der Waals surface area contributed by atoms with Crippen molar-refractivity contribution in [3.8, 4) is 0 Å². The predicted octanol–water partition coefficient (Wildman–Crippen LogP) is 4.09. The van der Waals surface area contributed by atoms with Crippen molar-refractivity contribution in [1.29, 1.82) is 0 Å². The summed E-state index contributed by atoms with van der Waals surface area (Å²) in [7, 11) is -2.24. The Kier molecular flexibility index (Phi) is 6.48. The predicted molar refractivity (Wildman–Crippen MR) is 118 cm³/mol. The van der Waals surface area contributed by atoms with Gasteiger partial charge in [-0.15, -0.1) is 0 Å². The fraction of sp³-hybridized carbons (Fsp3) is 0.409. The zero-order valence-electron chi connectivity index (χ0n) is 16.6. The molecule has 6 heteroatoms. The average Bonchev–Trinajstić information content (AvgIpc) is 2.86. The van der Waals surface area contributed by atoms with Crippen LogP contribution in [0.1, 0.15) is 43.0 Å². The topological polar surface area (TPSA) is 58.2 Å². The van der Waals surface area contributed by atoms with Crippen molar-refractivity contribution in [3.63, 3.8) is 0 Å². The van der Waals surface area contributed by atoms with Gasteiger partial charge in [-0.2, -0.15) is 8.42 Å². The molecule has 0 saturated carbocycles. The Morgan fingerprint density at radius 3 is 2.39 bits per heavy atom. The number of hydrogen-bond donors (Lipinski definition) is 2. The third kappa shape index (κ3) is 4.77. The first-order valence-corrected chi connectivity index (χ1v) is 11.0. The first-order chi connectivity index (χ1) is 13.3. The molecular formula is C22H27ClN2O2S. The molecule has 0 atom stereocenters. The minimum Gasteiger partial charge on any atom is -0.380 e. The normalized spacial score (nSPS) is 14.1. The smallest absolute Gasteiger partial charge is 0.218 e. The van der Waals surface area contributed by atoms with Gasteiger partial charge in [-0.3, -0.25) is 0 Å². The molecule has 1 heterocycles. The average molecular weight is 419 g/mol. The summed E-state index contributed by atoms with van der Waals surface area (Å²) in [6.07, 6.45) is 1.96. The molecule has 4 nitrogen and oxygen atoms in total. The number of anilines is 1. The lowest BCUT2D eigenvalue weighted by Gasteiger charge is -2.19. The van der Waals surface area contributed by atoms with Crippen molar-refractivity contribution in [2.45, 2.75) is 40.2 Å². The molecule has 0 saturated heterocycles. The van der Waals surface area contributed by atoms with Crippen LogP contribution >= 0.6 is 11.6 Å². The Morgan fingerprint density at radius 2 is 1.75 bits per heavy atom. The summed E-state index contributed by atoms with van der Waals surface area (Å²) >= 11 is 6.48. The Hall–Kier alpha value is -1.82. The van der Waals surface area contributed by atoms with Crippen molar-refractivity contribution >= 4 is 32.4 Å². The quantitative estimate of drug-likeness (QED) is 0.580. The van der Waals surface area contributed by atoms with Crippen LogP contribution in [0.25, 0.3) is 0 Å². The third-order valence-electron chi connectivity index (χ3n) is 5.02. The monoisotopic (exact) mass is 418 g/mol. The van der Waals surface area contributed by atoms with Gasteiger partial charge in [0.25, 0.3) is 0 Å². The second-order valence-electron chi connectivity index (χ2n) is 8.17. The lowest BCUT2D eigenvalue weighted by atomic mass is 9.87. The summed E-state index contributed by atoms with van der Waals surface area (Å²) in [5, 5.41) is 7.67. The van der Waals surface area contributed by atoms with E-state index >= 15 is 0 Å². The zero-order chi connectivity index (χ0) is 20.3. The van der Waals surface area contributed by atoms with Gasteiger partial charge >= 0.3 is 0 Å². The van der Waals surface area contributed by atoms with Crippen LogP contribution in [-0.2, 0) is 29.7 Å². The third-order valence-corrected chi connectivity index (χ3v) is 6.51. The number of benzene rings is 2. The largest absolute Gasteiger partial charge is 0.380 e. The number of fused-ring (bicyclic) bond motifs is 1. The van der Waals surface area contributed by atoms with Gasteiger partial charge in [0, 0.05) is 12.0 Å². The summed E-state index contributed by atoms with van der Waals surface area (Å²) in [5.74, 6) is 0. The van der Waals surface area contributed by atoms with E-state index < -0.39 is 15.7 Å². The Morgan fingerprint density at radius 1 is 1.07 bits per heavy atom. The van der Waals surface area contributed by atoms with E-state index in [0.717, 1.165) is 47.8 Å². The Balaban J connectivity index is 1.81. The zero-order valence-corrected chi connectivity index (χ0v) is 18.2. The summed E-state index contributed by atoms with van der Waals surface area (Å²) in [4.78, 5) is 0.427. The molecule has 0 unspecified atom stereocenters. The maximum atomic E-state index is 11.7. The summed E-state index contributed by atoms with van der Waals surface area (Å²) in [5.41, 5.74) is 5.02. The number of hydrogen-bond acceptors (Lipinski definition) is 4. The molecule has 2 aromatic carbocycles. The van der Waals surface area contributed by atoms with E-state index in [4.69, 9.17) is 11.6 Å². The first kappa shape index (κ1) is 20.9. The molecule has 2 aromatic rings. The maximum Gasteiger partial charge on any atom is 0.218 e. The molecule has 0 spiro atoms. The van der Waals surface area contributed by atoms with Crippen LogP contribution in [0.4, 0.5) is 5.69 Å². The van der Waals surface area contributed by atoms with Crippen LogP contribution in [0.5, 0.6) is 0 Å². The van der Waals surface area contributed by atoms with Gasteiger partial charge in [0.15, 0.2) is 0 Å². The summed E-state index contributed by atoms with van der Waals surface area (Å²) in [6, 6.07) is 11.8. The van der Waals surface area contributed by atoms with E-state index in [0.29, 0.717) is 11.4 Å². The number of halogens is 1. The second-order valence-corrected chi connectivity index (χ2v) is 9.46. The van der Waals surface area contributed by atoms with Gasteiger partial charge in [-0.25, -0.2) is 0 Å². The van der Waals surface area contributed by atoms with Crippen LogP contribution in [0, 0.1) is 5.41 Å². The lowest BCUT2D eigenvalue weighted by molar-refractivity contribution is 0.592. The summed E-state index contributed by atoms with van der Waals surface area (Å²) < 4.78 is 23.4. The van der Waals surface area contributed by atoms with Crippen molar-refractivity contribution in [3.05, 3.63) is 63.7 Å². The molecule has 0 aliphatic carbocycles. The highest BCUT2D eigenvalue weighted by Crippen LogP contribution is 2.31. The maximum absolute atomic E-state index is 11.7. The van der Waals surface area contributed by atoms with Crippen molar-refractivity contribution < 1.29 is 8.42 Å². The molecule has 3 rings (SSSR count). The molecule has 1 aliphatic heterocycles. The molecule has 0 fully saturated rings. The van der Waals surface area contributed by atoms with Crippen LogP contribution < -0.4 is 10.6 Å². The molecule has 0 amide bonds. The standard InChI is InChI=1S/C22H27ClN2O2S/c1-22(2,3)21(28(26)27)17-6-4-15(5-7-17)14-25-20-18-11-13-24-12-10-16(18)8-9-19(20)23/h4-9,24-25H,10-14H2,1-3H3. The molecule has 0 bridgehead atoms. The fourth-order valence-corrected chi connectivity index (χ4v) is 4.75. The first-order valence-electron chi connectivity index (χ1n) is 9.58. The van der Waals surface area contributed by atoms with E-state index in [1.54, 1.807) is 0 Å². The second kappa shape index (κ2) is 8.68. The SMILES string of the molecule is CC(C)(C)C(c1ccc(CNc2c(Cl)ccc3c2CCNCC3)cc1)=S(=O)=O. The molecule has 28 heavy (non-hydrogen) atoms. The molecule has 0 aromatic heterocycles. The molecule has 2 N–H and O–H groups in total. The van der Waals surface area contributed by atoms with Gasteiger partial charge < -0.3 is 10.6 Å². The van der Waals surface area contributed by atoms with Gasteiger partial charge in [-0.1, -0.05) is 62.7 Å². The fourth-order valence-electron chi connectivity index (χ4n) is 3.68. The van der Waals surface area contributed by atoms with Gasteiger partial charge in [0.2, 0.25) is 10.3 Å². The Labute approximate surface area is 173 Å². The molecular weight excluding hydrogens is 392 g/mol.